The van der Waals surface area contributed by atoms with Crippen LogP contribution in [0.3, 0.4) is 0 Å². The number of ketones is 1. The van der Waals surface area contributed by atoms with Crippen molar-refractivity contribution in [3.8, 4) is 16.9 Å². The molecule has 0 amide bonds. The van der Waals surface area contributed by atoms with Crippen LogP contribution in [0, 0.1) is 0 Å². The van der Waals surface area contributed by atoms with Gasteiger partial charge in [-0.05, 0) is 35.9 Å². The van der Waals surface area contributed by atoms with Crippen LogP contribution in [0.2, 0.25) is 5.02 Å². The van der Waals surface area contributed by atoms with Crippen molar-refractivity contribution in [1.29, 1.82) is 0 Å². The number of aromatic amines is 1. The Morgan fingerprint density at radius 2 is 1.92 bits per heavy atom. The standard InChI is InChI=1S/C20H12ClNO4/c21-14-4-5-15-16(9-14)22-20(25)17(19(15)24)11-2-1-3-12(8-11)18(23)13-6-7-26-10-13/h1-10H,(H2,22,24,25). The molecule has 0 unspecified atom stereocenters. The van der Waals surface area contributed by atoms with E-state index < -0.39 is 5.56 Å². The van der Waals surface area contributed by atoms with Gasteiger partial charge in [-0.1, -0.05) is 29.8 Å². The summed E-state index contributed by atoms with van der Waals surface area (Å²) >= 11 is 5.94. The van der Waals surface area contributed by atoms with Gasteiger partial charge in [0.05, 0.1) is 22.9 Å². The Labute approximate surface area is 152 Å². The van der Waals surface area contributed by atoms with Crippen LogP contribution < -0.4 is 5.56 Å². The average molecular weight is 366 g/mol. The summed E-state index contributed by atoms with van der Waals surface area (Å²) in [4.78, 5) is 27.7. The van der Waals surface area contributed by atoms with Gasteiger partial charge in [0.2, 0.25) is 0 Å². The van der Waals surface area contributed by atoms with Gasteiger partial charge in [-0.25, -0.2) is 0 Å². The molecule has 6 heteroatoms. The molecular formula is C20H12ClNO4. The molecule has 2 heterocycles. The van der Waals surface area contributed by atoms with Crippen LogP contribution in [0.1, 0.15) is 15.9 Å². The fourth-order valence-electron chi connectivity index (χ4n) is 2.90. The van der Waals surface area contributed by atoms with Crippen molar-refractivity contribution >= 4 is 28.3 Å². The van der Waals surface area contributed by atoms with Gasteiger partial charge >= 0.3 is 0 Å². The Kier molecular flexibility index (Phi) is 3.86. The normalized spacial score (nSPS) is 11.0. The summed E-state index contributed by atoms with van der Waals surface area (Å²) in [6.07, 6.45) is 2.78. The molecule has 0 aliphatic rings. The maximum Gasteiger partial charge on any atom is 0.260 e. The van der Waals surface area contributed by atoms with E-state index in [0.717, 1.165) is 0 Å². The number of hydrogen-bond donors (Lipinski definition) is 2. The third kappa shape index (κ3) is 2.68. The lowest BCUT2D eigenvalue weighted by Crippen LogP contribution is -2.10. The van der Waals surface area contributed by atoms with Crippen molar-refractivity contribution in [2.75, 3.05) is 0 Å². The molecule has 0 spiro atoms. The molecule has 0 bridgehead atoms. The zero-order valence-corrected chi connectivity index (χ0v) is 14.1. The van der Waals surface area contributed by atoms with Crippen LogP contribution >= 0.6 is 11.6 Å². The smallest absolute Gasteiger partial charge is 0.260 e. The highest BCUT2D eigenvalue weighted by Crippen LogP contribution is 2.33. The van der Waals surface area contributed by atoms with E-state index in [-0.39, 0.29) is 17.1 Å². The number of fused-ring (bicyclic) bond motifs is 1. The van der Waals surface area contributed by atoms with E-state index in [9.17, 15) is 14.7 Å². The number of halogens is 1. The van der Waals surface area contributed by atoms with Crippen LogP contribution in [0.4, 0.5) is 0 Å². The van der Waals surface area contributed by atoms with E-state index in [1.54, 1.807) is 48.5 Å². The number of hydrogen-bond acceptors (Lipinski definition) is 4. The lowest BCUT2D eigenvalue weighted by Gasteiger charge is -2.09. The van der Waals surface area contributed by atoms with Gasteiger partial charge in [-0.3, -0.25) is 9.59 Å². The van der Waals surface area contributed by atoms with E-state index in [2.05, 4.69) is 4.98 Å². The Morgan fingerprint density at radius 3 is 2.69 bits per heavy atom. The second kappa shape index (κ2) is 6.20. The fraction of sp³-hybridized carbons (Fsp3) is 0. The number of carbonyl (C=O) groups is 1. The van der Waals surface area contributed by atoms with Crippen LogP contribution in [-0.2, 0) is 0 Å². The van der Waals surface area contributed by atoms with Gasteiger partial charge < -0.3 is 14.5 Å². The second-order valence-corrected chi connectivity index (χ2v) is 6.23. The van der Waals surface area contributed by atoms with Crippen molar-refractivity contribution in [3.05, 3.63) is 87.6 Å². The van der Waals surface area contributed by atoms with E-state index in [4.69, 9.17) is 16.0 Å². The molecule has 0 saturated carbocycles. The maximum absolute atomic E-state index is 12.5. The first kappa shape index (κ1) is 16.2. The second-order valence-electron chi connectivity index (χ2n) is 5.79. The van der Waals surface area contributed by atoms with E-state index >= 15 is 0 Å². The van der Waals surface area contributed by atoms with Crippen molar-refractivity contribution in [3.63, 3.8) is 0 Å². The Hall–Kier alpha value is -3.31. The molecule has 128 valence electrons. The number of furan rings is 1. The molecular weight excluding hydrogens is 354 g/mol. The van der Waals surface area contributed by atoms with Crippen LogP contribution in [0.25, 0.3) is 22.0 Å². The number of H-pyrrole nitrogens is 1. The van der Waals surface area contributed by atoms with E-state index in [0.29, 0.717) is 32.6 Å². The third-order valence-corrected chi connectivity index (χ3v) is 4.38. The fourth-order valence-corrected chi connectivity index (χ4v) is 3.07. The largest absolute Gasteiger partial charge is 0.506 e. The first-order valence-corrected chi connectivity index (χ1v) is 8.14. The highest BCUT2D eigenvalue weighted by molar-refractivity contribution is 6.31. The van der Waals surface area contributed by atoms with E-state index in [1.165, 1.54) is 12.5 Å². The summed E-state index contributed by atoms with van der Waals surface area (Å²) in [7, 11) is 0. The number of rotatable bonds is 3. The Bertz CT molecular complexity index is 1190. The summed E-state index contributed by atoms with van der Waals surface area (Å²) in [5.41, 5.74) is 1.31. The third-order valence-electron chi connectivity index (χ3n) is 4.15. The van der Waals surface area contributed by atoms with Gasteiger partial charge in [-0.15, -0.1) is 0 Å². The number of carbonyl (C=O) groups excluding carboxylic acids is 1. The molecule has 0 saturated heterocycles. The van der Waals surface area contributed by atoms with Gasteiger partial charge in [-0.2, -0.15) is 0 Å². The Balaban J connectivity index is 1.88. The molecule has 4 aromatic rings. The van der Waals surface area contributed by atoms with Gasteiger partial charge in [0.1, 0.15) is 12.0 Å². The number of benzene rings is 2. The predicted molar refractivity (Wildman–Crippen MR) is 98.8 cm³/mol. The first-order chi connectivity index (χ1) is 12.5. The minimum atomic E-state index is -0.467. The molecule has 0 aliphatic heterocycles. The molecule has 0 fully saturated rings. The zero-order valence-electron chi connectivity index (χ0n) is 13.3. The number of aromatic nitrogens is 1. The van der Waals surface area contributed by atoms with E-state index in [1.807, 2.05) is 0 Å². The highest BCUT2D eigenvalue weighted by Gasteiger charge is 2.17. The van der Waals surface area contributed by atoms with Gasteiger partial charge in [0.25, 0.3) is 5.56 Å². The van der Waals surface area contributed by atoms with Crippen LogP contribution in [0.5, 0.6) is 5.75 Å². The molecule has 0 radical (unpaired) electrons. The summed E-state index contributed by atoms with van der Waals surface area (Å²) in [5, 5.41) is 11.5. The molecule has 26 heavy (non-hydrogen) atoms. The molecule has 0 aliphatic carbocycles. The van der Waals surface area contributed by atoms with Gasteiger partial charge in [0.15, 0.2) is 5.78 Å². The molecule has 2 aromatic heterocycles. The first-order valence-electron chi connectivity index (χ1n) is 7.76. The summed E-state index contributed by atoms with van der Waals surface area (Å²) in [5.74, 6) is -0.391. The maximum atomic E-state index is 12.5. The number of nitrogens with one attached hydrogen (secondary N) is 1. The van der Waals surface area contributed by atoms with Crippen molar-refractivity contribution in [1.82, 2.24) is 4.98 Å². The molecule has 0 atom stereocenters. The minimum absolute atomic E-state index is 0.0988. The topological polar surface area (TPSA) is 83.3 Å². The molecule has 5 nitrogen and oxygen atoms in total. The average Bonchev–Trinajstić information content (AvgIpc) is 3.15. The molecule has 2 aromatic carbocycles. The lowest BCUT2D eigenvalue weighted by atomic mass is 9.98. The summed E-state index contributed by atoms with van der Waals surface area (Å²) < 4.78 is 4.94. The number of pyridine rings is 1. The van der Waals surface area contributed by atoms with Crippen molar-refractivity contribution in [2.45, 2.75) is 0 Å². The summed E-state index contributed by atoms with van der Waals surface area (Å²) in [6, 6.07) is 12.9. The van der Waals surface area contributed by atoms with Crippen LogP contribution in [0.15, 0.2) is 70.3 Å². The van der Waals surface area contributed by atoms with Crippen molar-refractivity contribution < 1.29 is 14.3 Å². The van der Waals surface area contributed by atoms with Crippen LogP contribution in [-0.4, -0.2) is 15.9 Å². The van der Waals surface area contributed by atoms with Gasteiger partial charge in [0, 0.05) is 16.0 Å². The zero-order chi connectivity index (χ0) is 18.3. The number of aromatic hydroxyl groups is 1. The molecule has 4 rings (SSSR count). The summed E-state index contributed by atoms with van der Waals surface area (Å²) in [6.45, 7) is 0. The quantitative estimate of drug-likeness (QED) is 0.528. The molecule has 2 N–H and O–H groups in total. The van der Waals surface area contributed by atoms with Crippen molar-refractivity contribution in [2.24, 2.45) is 0 Å². The lowest BCUT2D eigenvalue weighted by molar-refractivity contribution is 0.103. The Morgan fingerprint density at radius 1 is 1.08 bits per heavy atom. The minimum Gasteiger partial charge on any atom is -0.506 e. The monoisotopic (exact) mass is 365 g/mol. The SMILES string of the molecule is O=C(c1ccoc1)c1cccc(-c2c(O)c3ccc(Cl)cc3[nH]c2=O)c1. The predicted octanol–water partition coefficient (Wildman–Crippen LogP) is 4.38. The highest BCUT2D eigenvalue weighted by atomic mass is 35.5.